The summed E-state index contributed by atoms with van der Waals surface area (Å²) in [7, 11) is 0. The van der Waals surface area contributed by atoms with Gasteiger partial charge in [0.2, 0.25) is 5.89 Å². The molecule has 0 spiro atoms. The lowest BCUT2D eigenvalue weighted by atomic mass is 10.0. The molecule has 23 heavy (non-hydrogen) atoms. The van der Waals surface area contributed by atoms with Crippen LogP contribution in [0.4, 0.5) is 10.2 Å². The zero-order valence-corrected chi connectivity index (χ0v) is 12.7. The van der Waals surface area contributed by atoms with E-state index in [0.717, 1.165) is 25.1 Å². The van der Waals surface area contributed by atoms with E-state index in [1.807, 2.05) is 0 Å². The average Bonchev–Trinajstić information content (AvgIpc) is 3.16. The van der Waals surface area contributed by atoms with Crippen molar-refractivity contribution in [3.05, 3.63) is 35.9 Å². The number of aliphatic hydroxyl groups excluding tert-OH is 1. The molecule has 2 saturated carbocycles. The molecular formula is C16H19FN4O2. The normalized spacial score (nSPS) is 27.3. The van der Waals surface area contributed by atoms with Crippen LogP contribution in [0.1, 0.15) is 49.2 Å². The van der Waals surface area contributed by atoms with E-state index in [9.17, 15) is 9.50 Å². The Hall–Kier alpha value is -2.02. The van der Waals surface area contributed by atoms with Crippen LogP contribution in [-0.4, -0.2) is 32.9 Å². The summed E-state index contributed by atoms with van der Waals surface area (Å²) >= 11 is 0. The highest BCUT2D eigenvalue weighted by molar-refractivity contribution is 5.33. The van der Waals surface area contributed by atoms with Gasteiger partial charge >= 0.3 is 0 Å². The first kappa shape index (κ1) is 14.6. The van der Waals surface area contributed by atoms with Gasteiger partial charge in [0.1, 0.15) is 11.6 Å². The summed E-state index contributed by atoms with van der Waals surface area (Å²) in [4.78, 5) is 8.45. The Morgan fingerprint density at radius 1 is 1.26 bits per heavy atom. The fourth-order valence-electron chi connectivity index (χ4n) is 3.16. The van der Waals surface area contributed by atoms with Crippen molar-refractivity contribution in [2.45, 2.75) is 43.6 Å². The number of nitrogens with zero attached hydrogens (tertiary/aromatic N) is 3. The average molecular weight is 318 g/mol. The Kier molecular flexibility index (Phi) is 3.72. The standard InChI is InChI=1S/C16H19FN4O2/c17-12-3-4-14(19-8-12)18-7-11-5-10(6-13(11)22)16-20-15(21-23-16)9-1-2-9/h3-4,8-11,13,22H,1-2,5-7H2,(H,18,19)/t10-,11+,13+/m0/s1. The Balaban J connectivity index is 1.35. The molecule has 0 bridgehead atoms. The number of hydrogen-bond acceptors (Lipinski definition) is 6. The fraction of sp³-hybridized carbons (Fsp3) is 0.562. The van der Waals surface area contributed by atoms with Gasteiger partial charge in [-0.1, -0.05) is 5.16 Å². The van der Waals surface area contributed by atoms with Crippen molar-refractivity contribution in [3.8, 4) is 0 Å². The van der Waals surface area contributed by atoms with E-state index in [4.69, 9.17) is 4.52 Å². The van der Waals surface area contributed by atoms with Crippen LogP contribution in [0.3, 0.4) is 0 Å². The second kappa shape index (κ2) is 5.88. The monoisotopic (exact) mass is 318 g/mol. The van der Waals surface area contributed by atoms with E-state index in [0.29, 0.717) is 30.6 Å². The molecule has 2 aromatic heterocycles. The summed E-state index contributed by atoms with van der Waals surface area (Å²) in [6, 6.07) is 2.95. The molecule has 2 aliphatic carbocycles. The first-order valence-corrected chi connectivity index (χ1v) is 8.06. The maximum absolute atomic E-state index is 12.8. The highest BCUT2D eigenvalue weighted by Crippen LogP contribution is 2.41. The molecule has 0 aromatic carbocycles. The zero-order chi connectivity index (χ0) is 15.8. The quantitative estimate of drug-likeness (QED) is 0.881. The van der Waals surface area contributed by atoms with Gasteiger partial charge in [-0.2, -0.15) is 4.98 Å². The predicted molar refractivity (Wildman–Crippen MR) is 80.4 cm³/mol. The molecule has 0 aliphatic heterocycles. The predicted octanol–water partition coefficient (Wildman–Crippen LogP) is 2.45. The van der Waals surface area contributed by atoms with Gasteiger partial charge in [-0.15, -0.1) is 0 Å². The van der Waals surface area contributed by atoms with Gasteiger partial charge in [0.25, 0.3) is 0 Å². The van der Waals surface area contributed by atoms with Crippen molar-refractivity contribution < 1.29 is 14.0 Å². The van der Waals surface area contributed by atoms with Crippen LogP contribution in [0.15, 0.2) is 22.9 Å². The van der Waals surface area contributed by atoms with Crippen LogP contribution < -0.4 is 5.32 Å². The number of aliphatic hydroxyl groups is 1. The molecule has 2 heterocycles. The number of aromatic nitrogens is 3. The minimum atomic E-state index is -0.413. The Labute approximate surface area is 133 Å². The third-order valence-corrected chi connectivity index (χ3v) is 4.68. The molecular weight excluding hydrogens is 299 g/mol. The van der Waals surface area contributed by atoms with Gasteiger partial charge < -0.3 is 14.9 Å². The highest BCUT2D eigenvalue weighted by atomic mass is 19.1. The Bertz CT molecular complexity index is 671. The summed E-state index contributed by atoms with van der Waals surface area (Å²) < 4.78 is 18.2. The largest absolute Gasteiger partial charge is 0.393 e. The SMILES string of the molecule is O[C@@H]1C[C@@H](c2nc(C3CC3)no2)C[C@@H]1CNc1ccc(F)cn1. The first-order valence-electron chi connectivity index (χ1n) is 8.06. The van der Waals surface area contributed by atoms with E-state index in [1.165, 1.54) is 12.3 Å². The maximum Gasteiger partial charge on any atom is 0.229 e. The number of hydrogen-bond donors (Lipinski definition) is 2. The van der Waals surface area contributed by atoms with Crippen molar-refractivity contribution in [1.82, 2.24) is 15.1 Å². The van der Waals surface area contributed by atoms with Gasteiger partial charge in [0, 0.05) is 24.3 Å². The zero-order valence-electron chi connectivity index (χ0n) is 12.7. The minimum Gasteiger partial charge on any atom is -0.393 e. The molecule has 3 atom stereocenters. The molecule has 2 aromatic rings. The van der Waals surface area contributed by atoms with Gasteiger partial charge in [-0.3, -0.25) is 0 Å². The molecule has 6 nitrogen and oxygen atoms in total. The molecule has 0 saturated heterocycles. The van der Waals surface area contributed by atoms with E-state index >= 15 is 0 Å². The lowest BCUT2D eigenvalue weighted by Gasteiger charge is -2.15. The Morgan fingerprint density at radius 3 is 2.87 bits per heavy atom. The first-order chi connectivity index (χ1) is 11.2. The van der Waals surface area contributed by atoms with Crippen molar-refractivity contribution in [1.29, 1.82) is 0 Å². The molecule has 0 unspecified atom stereocenters. The van der Waals surface area contributed by atoms with Crippen molar-refractivity contribution in [3.63, 3.8) is 0 Å². The van der Waals surface area contributed by atoms with E-state index in [-0.39, 0.29) is 17.7 Å². The second-order valence-corrected chi connectivity index (χ2v) is 6.50. The van der Waals surface area contributed by atoms with Crippen molar-refractivity contribution >= 4 is 5.82 Å². The van der Waals surface area contributed by atoms with Crippen LogP contribution in [0.25, 0.3) is 0 Å². The lowest BCUT2D eigenvalue weighted by molar-refractivity contribution is 0.137. The summed E-state index contributed by atoms with van der Waals surface area (Å²) in [5.41, 5.74) is 0. The number of pyridine rings is 1. The number of rotatable bonds is 5. The Morgan fingerprint density at radius 2 is 2.13 bits per heavy atom. The van der Waals surface area contributed by atoms with Crippen molar-refractivity contribution in [2.24, 2.45) is 5.92 Å². The third-order valence-electron chi connectivity index (χ3n) is 4.68. The molecule has 4 rings (SSSR count). The smallest absolute Gasteiger partial charge is 0.229 e. The number of nitrogens with one attached hydrogen (secondary N) is 1. The van der Waals surface area contributed by atoms with Crippen LogP contribution in [-0.2, 0) is 0 Å². The van der Waals surface area contributed by atoms with Gasteiger partial charge in [-0.25, -0.2) is 9.37 Å². The van der Waals surface area contributed by atoms with Crippen LogP contribution in [0.5, 0.6) is 0 Å². The lowest BCUT2D eigenvalue weighted by Crippen LogP contribution is -2.22. The summed E-state index contributed by atoms with van der Waals surface area (Å²) in [5.74, 6) is 2.37. The topological polar surface area (TPSA) is 84.1 Å². The van der Waals surface area contributed by atoms with Crippen molar-refractivity contribution in [2.75, 3.05) is 11.9 Å². The van der Waals surface area contributed by atoms with Gasteiger partial charge in [-0.05, 0) is 37.8 Å². The molecule has 7 heteroatoms. The molecule has 122 valence electrons. The summed E-state index contributed by atoms with van der Waals surface area (Å²) in [6.45, 7) is 0.583. The summed E-state index contributed by atoms with van der Waals surface area (Å²) in [6.07, 6.45) is 4.47. The van der Waals surface area contributed by atoms with E-state index in [2.05, 4.69) is 20.4 Å². The van der Waals surface area contributed by atoms with Crippen LogP contribution in [0.2, 0.25) is 0 Å². The molecule has 2 N–H and O–H groups in total. The molecule has 2 fully saturated rings. The van der Waals surface area contributed by atoms with Gasteiger partial charge in [0.15, 0.2) is 5.82 Å². The second-order valence-electron chi connectivity index (χ2n) is 6.50. The highest BCUT2D eigenvalue weighted by Gasteiger charge is 2.38. The third kappa shape index (κ3) is 3.19. The number of halogens is 1. The fourth-order valence-corrected chi connectivity index (χ4v) is 3.16. The summed E-state index contributed by atoms with van der Waals surface area (Å²) in [5, 5.41) is 17.5. The molecule has 2 aliphatic rings. The maximum atomic E-state index is 12.8. The minimum absolute atomic E-state index is 0.0862. The molecule has 0 amide bonds. The van der Waals surface area contributed by atoms with E-state index < -0.39 is 6.10 Å². The van der Waals surface area contributed by atoms with Crippen LogP contribution in [0, 0.1) is 11.7 Å². The number of anilines is 1. The van der Waals surface area contributed by atoms with E-state index in [1.54, 1.807) is 6.07 Å². The van der Waals surface area contributed by atoms with Crippen LogP contribution >= 0.6 is 0 Å². The van der Waals surface area contributed by atoms with Gasteiger partial charge in [0.05, 0.1) is 12.3 Å². The molecule has 0 radical (unpaired) electrons.